The molecule has 14 heteroatoms. The Morgan fingerprint density at radius 1 is 0.926 bits per heavy atom. The van der Waals surface area contributed by atoms with Crippen molar-refractivity contribution in [3.63, 3.8) is 0 Å². The van der Waals surface area contributed by atoms with E-state index in [1.807, 2.05) is 72.1 Å². The Hall–Kier alpha value is -4.79. The van der Waals surface area contributed by atoms with E-state index in [9.17, 15) is 24.0 Å². The molecule has 14 nitrogen and oxygen atoms in total. The van der Waals surface area contributed by atoms with Crippen LogP contribution in [0.5, 0.6) is 0 Å². The first-order valence-electron chi connectivity index (χ1n) is 24.9. The van der Waals surface area contributed by atoms with Crippen LogP contribution in [0.2, 0.25) is 0 Å². The molecule has 9 atom stereocenters. The highest BCUT2D eigenvalue weighted by Gasteiger charge is 2.44. The number of H-pyrrole nitrogens is 1. The number of nitrogens with zero attached hydrogens (tertiary/aromatic N) is 3. The fourth-order valence-corrected chi connectivity index (χ4v) is 9.98. The number of methoxy groups -OCH3 is 2. The van der Waals surface area contributed by atoms with Crippen molar-refractivity contribution in [2.75, 3.05) is 41.4 Å². The minimum atomic E-state index is -0.920. The van der Waals surface area contributed by atoms with Crippen molar-refractivity contribution < 1.29 is 33.4 Å². The highest BCUT2D eigenvalue weighted by molar-refractivity contribution is 5.91. The number of likely N-dealkylation sites (N-methyl/N-ethyl adjacent to an activating group) is 2. The summed E-state index contributed by atoms with van der Waals surface area (Å²) in [7, 11) is 6.86. The number of fused-ring (bicyclic) bond motifs is 1. The Morgan fingerprint density at radius 3 is 2.15 bits per heavy atom. The number of benzene rings is 1. The second kappa shape index (κ2) is 26.8. The number of rotatable bonds is 28. The van der Waals surface area contributed by atoms with Crippen LogP contribution in [0.4, 0.5) is 0 Å². The number of para-hydroxylation sites is 1. The monoisotopic (exact) mass is 946 g/mol. The quantitative estimate of drug-likeness (QED) is 0.0651. The molecular formula is C54H87N7O7. The summed E-state index contributed by atoms with van der Waals surface area (Å²) in [6.45, 7) is 28.5. The van der Waals surface area contributed by atoms with Gasteiger partial charge in [-0.3, -0.25) is 28.9 Å². The number of allylic oxidation sites excluding steroid dienone is 2. The first-order chi connectivity index (χ1) is 32.2. The smallest absolute Gasteiger partial charge is 0.245 e. The van der Waals surface area contributed by atoms with Crippen LogP contribution in [-0.4, -0.2) is 139 Å². The molecule has 0 unspecified atom stereocenters. The summed E-state index contributed by atoms with van der Waals surface area (Å²) in [5.41, 5.74) is 2.38. The van der Waals surface area contributed by atoms with Crippen molar-refractivity contribution in [3.05, 3.63) is 73.0 Å². The molecular weight excluding hydrogens is 859 g/mol. The number of nitrogens with one attached hydrogen (secondary N) is 4. The molecule has 0 saturated carbocycles. The molecule has 1 aliphatic rings. The summed E-state index contributed by atoms with van der Waals surface area (Å²) >= 11 is 0. The average molecular weight is 946 g/mol. The van der Waals surface area contributed by atoms with Gasteiger partial charge in [0.15, 0.2) is 0 Å². The van der Waals surface area contributed by atoms with Gasteiger partial charge in [-0.1, -0.05) is 118 Å². The Kier molecular flexibility index (Phi) is 22.7. The Labute approximate surface area is 408 Å². The molecule has 3 rings (SSSR count). The fourth-order valence-electron chi connectivity index (χ4n) is 9.98. The molecule has 1 aromatic heterocycles. The van der Waals surface area contributed by atoms with Gasteiger partial charge in [0.2, 0.25) is 29.5 Å². The lowest BCUT2D eigenvalue weighted by Gasteiger charge is -2.44. The van der Waals surface area contributed by atoms with Gasteiger partial charge < -0.3 is 40.2 Å². The Morgan fingerprint density at radius 2 is 1.59 bits per heavy atom. The van der Waals surface area contributed by atoms with Gasteiger partial charge in [-0.2, -0.15) is 0 Å². The maximum Gasteiger partial charge on any atom is 0.245 e. The van der Waals surface area contributed by atoms with E-state index in [2.05, 4.69) is 66.7 Å². The minimum absolute atomic E-state index is 0.000249. The summed E-state index contributed by atoms with van der Waals surface area (Å²) in [4.78, 5) is 80.5. The first-order valence-corrected chi connectivity index (χ1v) is 24.9. The molecule has 0 aliphatic carbocycles. The van der Waals surface area contributed by atoms with Crippen LogP contribution in [-0.2, 0) is 39.9 Å². The highest BCUT2D eigenvalue weighted by Crippen LogP contribution is 2.31. The van der Waals surface area contributed by atoms with E-state index in [1.54, 1.807) is 56.2 Å². The van der Waals surface area contributed by atoms with Crippen molar-refractivity contribution in [2.24, 2.45) is 23.7 Å². The van der Waals surface area contributed by atoms with Gasteiger partial charge in [0.05, 0.1) is 42.7 Å². The van der Waals surface area contributed by atoms with Crippen LogP contribution in [0.3, 0.4) is 0 Å². The van der Waals surface area contributed by atoms with E-state index < -0.39 is 48.3 Å². The van der Waals surface area contributed by atoms with E-state index in [-0.39, 0.29) is 72.2 Å². The van der Waals surface area contributed by atoms with Gasteiger partial charge in [-0.05, 0) is 74.6 Å². The average Bonchev–Trinajstić information content (AvgIpc) is 3.98. The van der Waals surface area contributed by atoms with Crippen molar-refractivity contribution in [1.29, 1.82) is 0 Å². The van der Waals surface area contributed by atoms with Crippen LogP contribution in [0.25, 0.3) is 10.9 Å². The molecule has 2 heterocycles. The van der Waals surface area contributed by atoms with Crippen molar-refractivity contribution >= 4 is 40.4 Å². The Bertz CT molecular complexity index is 2020. The second-order valence-electron chi connectivity index (χ2n) is 19.8. The van der Waals surface area contributed by atoms with Crippen LogP contribution in [0.1, 0.15) is 113 Å². The van der Waals surface area contributed by atoms with Crippen LogP contribution in [0.15, 0.2) is 67.4 Å². The molecule has 0 bridgehead atoms. The maximum absolute atomic E-state index is 14.7. The number of carbonyl (C=O) groups is 5. The molecule has 1 aromatic carbocycles. The van der Waals surface area contributed by atoms with E-state index >= 15 is 0 Å². The van der Waals surface area contributed by atoms with E-state index in [1.165, 1.54) is 0 Å². The first kappa shape index (κ1) is 57.5. The number of amides is 5. The number of hydrogen-bond acceptors (Lipinski definition) is 8. The second-order valence-corrected chi connectivity index (χ2v) is 19.8. The van der Waals surface area contributed by atoms with E-state index in [0.717, 1.165) is 34.9 Å². The number of aromatic nitrogens is 1. The van der Waals surface area contributed by atoms with Gasteiger partial charge >= 0.3 is 0 Å². The largest absolute Gasteiger partial charge is 0.379 e. The van der Waals surface area contributed by atoms with Gasteiger partial charge in [0, 0.05) is 63.4 Å². The number of aromatic amines is 1. The summed E-state index contributed by atoms with van der Waals surface area (Å²) < 4.78 is 12.2. The molecule has 5 amide bonds. The molecule has 1 aliphatic heterocycles. The van der Waals surface area contributed by atoms with Gasteiger partial charge in [-0.15, -0.1) is 0 Å². The number of likely N-dealkylation sites (tertiary alicyclic amines) is 1. The van der Waals surface area contributed by atoms with Crippen molar-refractivity contribution in [1.82, 2.24) is 35.6 Å². The third-order valence-corrected chi connectivity index (χ3v) is 15.0. The zero-order chi connectivity index (χ0) is 51.0. The van der Waals surface area contributed by atoms with Crippen LogP contribution in [0, 0.1) is 23.7 Å². The van der Waals surface area contributed by atoms with Crippen LogP contribution >= 0.6 is 0 Å². The molecule has 0 spiro atoms. The third kappa shape index (κ3) is 14.2. The highest BCUT2D eigenvalue weighted by atomic mass is 16.5. The summed E-state index contributed by atoms with van der Waals surface area (Å²) in [5, 5.41) is 10.1. The molecule has 68 heavy (non-hydrogen) atoms. The van der Waals surface area contributed by atoms with Gasteiger partial charge in [0.1, 0.15) is 12.1 Å². The van der Waals surface area contributed by atoms with Crippen molar-refractivity contribution in [3.8, 4) is 0 Å². The Balaban J connectivity index is 1.85. The lowest BCUT2D eigenvalue weighted by atomic mass is 9.88. The molecule has 380 valence electrons. The normalized spacial score (nSPS) is 18.1. The van der Waals surface area contributed by atoms with Crippen LogP contribution < -0.4 is 16.0 Å². The molecule has 4 N–H and O–H groups in total. The lowest BCUT2D eigenvalue weighted by Crippen LogP contribution is -2.62. The molecule has 2 aromatic rings. The summed E-state index contributed by atoms with van der Waals surface area (Å²) in [6, 6.07) is 4.71. The third-order valence-electron chi connectivity index (χ3n) is 15.0. The van der Waals surface area contributed by atoms with Gasteiger partial charge in [0.25, 0.3) is 0 Å². The molecule has 0 radical (unpaired) electrons. The number of ether oxygens (including phenoxy) is 2. The molecule has 1 saturated heterocycles. The summed E-state index contributed by atoms with van der Waals surface area (Å²) in [6.07, 6.45) is 9.55. The maximum atomic E-state index is 14.7. The number of hydrogen-bond donors (Lipinski definition) is 4. The predicted octanol–water partition coefficient (Wildman–Crippen LogP) is 7.21. The van der Waals surface area contributed by atoms with Crippen molar-refractivity contribution in [2.45, 2.75) is 162 Å². The minimum Gasteiger partial charge on any atom is -0.379 e. The topological polar surface area (TPSA) is 165 Å². The standard InChI is InChI=1S/C54H87N7O7/c1-17-25-38(19-3)32-56-51(64)42(30-39-33-55-41-27-23-22-26-40(39)41)57-50(63)37(11)49(68-16)43-28-24-29-61(43)45(62)31-44(67-15)48(36(10)18-2)59(13)53(66)46(34(6)7)58-52(65)47(35(8)9)60(14)54(12,20-4)21-5/h17,19,22-23,25-27,33-37,42-44,46-49,55H,1,3,18,20-21,24,28-32H2,2,4-16H3,(H,56,64)(H,57,63)(H,58,65)/b38-25+/t36-,37+,42-,43-,44+,46-,47-,48-,49+/m0/s1. The van der Waals surface area contributed by atoms with E-state index in [0.29, 0.717) is 25.8 Å². The predicted molar refractivity (Wildman–Crippen MR) is 274 cm³/mol. The van der Waals surface area contributed by atoms with E-state index in [4.69, 9.17) is 9.47 Å². The zero-order valence-corrected chi connectivity index (χ0v) is 43.9. The summed E-state index contributed by atoms with van der Waals surface area (Å²) in [5.74, 6) is -2.34. The number of carbonyl (C=O) groups excluding carboxylic acids is 5. The lowest BCUT2D eigenvalue weighted by molar-refractivity contribution is -0.148. The van der Waals surface area contributed by atoms with Gasteiger partial charge in [-0.25, -0.2) is 0 Å². The SMILES string of the molecule is C=C/C=C(\C=C)CNC(=O)[C@H](Cc1c[nH]c2ccccc12)NC(=O)[C@H](C)[C@@H](OC)[C@@H]1CCCN1C(=O)C[C@@H](OC)[C@H]([C@@H](C)CC)N(C)C(=O)[C@@H](NC(=O)[C@H](C(C)C)N(C)C(C)(CC)CC)C(C)C. The zero-order valence-electron chi connectivity index (χ0n) is 43.9. The molecule has 1 fully saturated rings. The fraction of sp³-hybridized carbons (Fsp3) is 0.648.